The van der Waals surface area contributed by atoms with Gasteiger partial charge < -0.3 is 10.6 Å². The van der Waals surface area contributed by atoms with E-state index in [1.165, 1.54) is 11.3 Å². The molecule has 1 amide bonds. The Hall–Kier alpha value is -3.17. The number of benzene rings is 2. The van der Waals surface area contributed by atoms with Crippen molar-refractivity contribution in [2.75, 3.05) is 10.6 Å². The van der Waals surface area contributed by atoms with Crippen LogP contribution in [0.3, 0.4) is 0 Å². The Labute approximate surface area is 143 Å². The second-order valence-corrected chi connectivity index (χ2v) is 6.03. The summed E-state index contributed by atoms with van der Waals surface area (Å²) in [7, 11) is 0. The van der Waals surface area contributed by atoms with Gasteiger partial charge in [0.05, 0.1) is 17.1 Å². The van der Waals surface area contributed by atoms with Gasteiger partial charge in [0.2, 0.25) is 0 Å². The molecule has 0 atom stereocenters. The lowest BCUT2D eigenvalue weighted by atomic mass is 10.2. The first kappa shape index (κ1) is 15.7. The van der Waals surface area contributed by atoms with E-state index in [4.69, 9.17) is 5.26 Å². The molecule has 0 saturated heterocycles. The van der Waals surface area contributed by atoms with Crippen molar-refractivity contribution in [3.8, 4) is 6.07 Å². The van der Waals surface area contributed by atoms with Crippen molar-refractivity contribution in [1.29, 1.82) is 5.26 Å². The number of carbonyl (C=O) groups is 1. The summed E-state index contributed by atoms with van der Waals surface area (Å²) in [6.07, 6.45) is 0. The van der Waals surface area contributed by atoms with Gasteiger partial charge in [-0.3, -0.25) is 4.79 Å². The molecule has 0 saturated carbocycles. The van der Waals surface area contributed by atoms with Gasteiger partial charge in [0.15, 0.2) is 5.69 Å². The molecule has 0 spiro atoms. The normalized spacial score (nSPS) is 10.0. The number of thiazole rings is 1. The molecular weight excluding hydrogens is 320 g/mol. The maximum absolute atomic E-state index is 12.5. The Bertz CT molecular complexity index is 927. The molecule has 0 aliphatic rings. The summed E-state index contributed by atoms with van der Waals surface area (Å²) in [5.74, 6) is -0.277. The fourth-order valence-electron chi connectivity index (χ4n) is 2.21. The van der Waals surface area contributed by atoms with E-state index in [0.29, 0.717) is 16.3 Å². The molecule has 0 aliphatic carbocycles. The van der Waals surface area contributed by atoms with Gasteiger partial charge >= 0.3 is 0 Å². The predicted molar refractivity (Wildman–Crippen MR) is 95.7 cm³/mol. The van der Waals surface area contributed by atoms with E-state index in [0.717, 1.165) is 16.9 Å². The van der Waals surface area contributed by atoms with Gasteiger partial charge in [-0.2, -0.15) is 5.26 Å². The fraction of sp³-hybridized carbons (Fsp3) is 0.0556. The third-order valence-electron chi connectivity index (χ3n) is 3.31. The number of nitriles is 1. The molecule has 0 unspecified atom stereocenters. The van der Waals surface area contributed by atoms with E-state index < -0.39 is 0 Å². The van der Waals surface area contributed by atoms with E-state index in [9.17, 15) is 4.79 Å². The van der Waals surface area contributed by atoms with E-state index in [-0.39, 0.29) is 5.91 Å². The van der Waals surface area contributed by atoms with E-state index in [1.54, 1.807) is 23.7 Å². The summed E-state index contributed by atoms with van der Waals surface area (Å²) in [6, 6.07) is 16.7. The summed E-state index contributed by atoms with van der Waals surface area (Å²) < 4.78 is 0. The molecule has 2 aromatic carbocycles. The maximum atomic E-state index is 12.5. The van der Waals surface area contributed by atoms with Gasteiger partial charge in [-0.15, -0.1) is 11.3 Å². The quantitative estimate of drug-likeness (QED) is 0.745. The van der Waals surface area contributed by atoms with Gasteiger partial charge in [-0.25, -0.2) is 4.98 Å². The minimum absolute atomic E-state index is 0.277. The van der Waals surface area contributed by atoms with Crippen LogP contribution in [0.4, 0.5) is 16.4 Å². The molecule has 24 heavy (non-hydrogen) atoms. The zero-order valence-electron chi connectivity index (χ0n) is 12.9. The van der Waals surface area contributed by atoms with E-state index in [1.807, 2.05) is 37.3 Å². The van der Waals surface area contributed by atoms with Crippen LogP contribution in [0, 0.1) is 18.3 Å². The lowest BCUT2D eigenvalue weighted by molar-refractivity contribution is 0.102. The number of rotatable bonds is 4. The Morgan fingerprint density at radius 1 is 1.17 bits per heavy atom. The molecule has 2 N–H and O–H groups in total. The van der Waals surface area contributed by atoms with Crippen LogP contribution in [0.25, 0.3) is 0 Å². The average molecular weight is 334 g/mol. The smallest absolute Gasteiger partial charge is 0.277 e. The molecule has 3 aromatic rings. The van der Waals surface area contributed by atoms with Gasteiger partial charge in [0.1, 0.15) is 5.00 Å². The number of amides is 1. The molecule has 0 bridgehead atoms. The first-order valence-corrected chi connectivity index (χ1v) is 8.12. The van der Waals surface area contributed by atoms with E-state index in [2.05, 4.69) is 21.7 Å². The van der Waals surface area contributed by atoms with Gasteiger partial charge in [0.25, 0.3) is 5.91 Å². The van der Waals surface area contributed by atoms with Crippen LogP contribution < -0.4 is 10.6 Å². The fourth-order valence-corrected chi connectivity index (χ4v) is 2.90. The highest BCUT2D eigenvalue weighted by Crippen LogP contribution is 2.26. The predicted octanol–water partition coefficient (Wildman–Crippen LogP) is 4.32. The van der Waals surface area contributed by atoms with E-state index >= 15 is 0 Å². The van der Waals surface area contributed by atoms with Crippen LogP contribution in [0.2, 0.25) is 0 Å². The average Bonchev–Trinajstić information content (AvgIpc) is 3.03. The summed E-state index contributed by atoms with van der Waals surface area (Å²) in [4.78, 5) is 16.6. The highest BCUT2D eigenvalue weighted by Gasteiger charge is 2.15. The third-order valence-corrected chi connectivity index (χ3v) is 4.05. The monoisotopic (exact) mass is 334 g/mol. The SMILES string of the molecule is Cc1cccc(NC(=O)c2ncsc2Nc2cccc(C#N)c2)c1. The van der Waals surface area contributed by atoms with Crippen LogP contribution in [-0.2, 0) is 0 Å². The second kappa shape index (κ2) is 6.94. The highest BCUT2D eigenvalue weighted by atomic mass is 32.1. The third kappa shape index (κ3) is 3.59. The molecule has 5 nitrogen and oxygen atoms in total. The van der Waals surface area contributed by atoms with Crippen LogP contribution in [0.1, 0.15) is 21.6 Å². The Morgan fingerprint density at radius 3 is 2.75 bits per heavy atom. The molecule has 6 heteroatoms. The van der Waals surface area contributed by atoms with Crippen molar-refractivity contribution >= 4 is 33.6 Å². The lowest BCUT2D eigenvalue weighted by Gasteiger charge is -2.08. The number of aryl methyl sites for hydroxylation is 1. The van der Waals surface area contributed by atoms with Crippen LogP contribution >= 0.6 is 11.3 Å². The van der Waals surface area contributed by atoms with Crippen molar-refractivity contribution in [2.24, 2.45) is 0 Å². The van der Waals surface area contributed by atoms with Gasteiger partial charge in [0, 0.05) is 11.4 Å². The number of carbonyl (C=O) groups excluding carboxylic acids is 1. The van der Waals surface area contributed by atoms with Gasteiger partial charge in [-0.1, -0.05) is 18.2 Å². The lowest BCUT2D eigenvalue weighted by Crippen LogP contribution is -2.13. The largest absolute Gasteiger partial charge is 0.345 e. The zero-order valence-corrected chi connectivity index (χ0v) is 13.7. The second-order valence-electron chi connectivity index (χ2n) is 5.17. The van der Waals surface area contributed by atoms with Crippen molar-refractivity contribution in [3.05, 3.63) is 70.9 Å². The minimum Gasteiger partial charge on any atom is -0.345 e. The molecule has 1 aromatic heterocycles. The van der Waals surface area contributed by atoms with Crippen molar-refractivity contribution in [1.82, 2.24) is 4.98 Å². The van der Waals surface area contributed by atoms with Crippen molar-refractivity contribution in [2.45, 2.75) is 6.92 Å². The Balaban J connectivity index is 1.79. The van der Waals surface area contributed by atoms with Crippen LogP contribution in [-0.4, -0.2) is 10.9 Å². The summed E-state index contributed by atoms with van der Waals surface area (Å²) in [6.45, 7) is 1.97. The summed E-state index contributed by atoms with van der Waals surface area (Å²) >= 11 is 1.33. The number of nitrogens with zero attached hydrogens (tertiary/aromatic N) is 2. The molecule has 3 rings (SSSR count). The Kier molecular flexibility index (Phi) is 4.54. The molecule has 0 radical (unpaired) electrons. The van der Waals surface area contributed by atoms with Gasteiger partial charge in [-0.05, 0) is 42.8 Å². The summed E-state index contributed by atoms with van der Waals surface area (Å²) in [5, 5.41) is 15.6. The standard InChI is InChI=1S/C18H14N4OS/c1-12-4-2-6-14(8-12)21-17(23)16-18(24-11-20-16)22-15-7-3-5-13(9-15)10-19/h2-9,11,22H,1H3,(H,21,23). The first-order chi connectivity index (χ1) is 11.7. The Morgan fingerprint density at radius 2 is 1.96 bits per heavy atom. The summed E-state index contributed by atoms with van der Waals surface area (Å²) in [5.41, 5.74) is 5.02. The molecular formula is C18H14N4OS. The van der Waals surface area contributed by atoms with Crippen molar-refractivity contribution in [3.63, 3.8) is 0 Å². The topological polar surface area (TPSA) is 77.8 Å². The molecule has 118 valence electrons. The molecule has 1 heterocycles. The zero-order chi connectivity index (χ0) is 16.9. The highest BCUT2D eigenvalue weighted by molar-refractivity contribution is 7.14. The number of nitrogens with one attached hydrogen (secondary N) is 2. The van der Waals surface area contributed by atoms with Crippen molar-refractivity contribution < 1.29 is 4.79 Å². The molecule has 0 aliphatic heterocycles. The molecule has 0 fully saturated rings. The minimum atomic E-state index is -0.277. The number of hydrogen-bond donors (Lipinski definition) is 2. The van der Waals surface area contributed by atoms with Crippen LogP contribution in [0.5, 0.6) is 0 Å². The first-order valence-electron chi connectivity index (χ1n) is 7.24. The maximum Gasteiger partial charge on any atom is 0.277 e. The van der Waals surface area contributed by atoms with Crippen LogP contribution in [0.15, 0.2) is 54.0 Å². The number of hydrogen-bond acceptors (Lipinski definition) is 5. The number of anilines is 3. The number of aromatic nitrogens is 1.